The molecule has 4 nitrogen and oxygen atoms in total. The van der Waals surface area contributed by atoms with Crippen molar-refractivity contribution >= 4 is 5.91 Å². The van der Waals surface area contributed by atoms with Crippen molar-refractivity contribution in [3.05, 3.63) is 35.4 Å². The van der Waals surface area contributed by atoms with E-state index in [1.165, 1.54) is 5.56 Å². The van der Waals surface area contributed by atoms with Crippen LogP contribution in [0.25, 0.3) is 0 Å². The molecule has 4 heteroatoms. The van der Waals surface area contributed by atoms with Gasteiger partial charge < -0.3 is 10.2 Å². The molecular formula is C19H25N3O. The van der Waals surface area contributed by atoms with Crippen LogP contribution in [-0.4, -0.2) is 29.9 Å². The Kier molecular flexibility index (Phi) is 4.97. The first-order valence-electron chi connectivity index (χ1n) is 8.72. The molecule has 1 heterocycles. The molecule has 0 bridgehead atoms. The number of nitrogens with one attached hydrogen (secondary N) is 1. The maximum atomic E-state index is 12.2. The van der Waals surface area contributed by atoms with Crippen molar-refractivity contribution in [1.82, 2.24) is 10.2 Å². The van der Waals surface area contributed by atoms with E-state index in [0.717, 1.165) is 45.3 Å². The molecule has 0 unspecified atom stereocenters. The number of carbonyl (C=O) groups is 1. The van der Waals surface area contributed by atoms with Crippen molar-refractivity contribution < 1.29 is 4.79 Å². The summed E-state index contributed by atoms with van der Waals surface area (Å²) < 4.78 is 0. The highest BCUT2D eigenvalue weighted by molar-refractivity contribution is 5.81. The van der Waals surface area contributed by atoms with Gasteiger partial charge in [0.25, 0.3) is 0 Å². The molecule has 1 aromatic carbocycles. The first kappa shape index (κ1) is 16.0. The third-order valence-corrected chi connectivity index (χ3v) is 5.15. The van der Waals surface area contributed by atoms with Crippen LogP contribution >= 0.6 is 0 Å². The standard InChI is InChI=1S/C19H25N3O/c1-2-16-13-22(19(23)17-7-8-17)10-9-18(16)21-12-15-5-3-14(11-20)4-6-15/h3-6,16-18,21H,2,7-10,12-13H2,1H3/t16-,18+/m0/s1. The molecule has 122 valence electrons. The number of benzene rings is 1. The number of nitriles is 1. The fourth-order valence-electron chi connectivity index (χ4n) is 3.45. The van der Waals surface area contributed by atoms with Gasteiger partial charge in [-0.25, -0.2) is 0 Å². The first-order valence-corrected chi connectivity index (χ1v) is 8.72. The molecule has 1 amide bonds. The van der Waals surface area contributed by atoms with Crippen LogP contribution in [0.5, 0.6) is 0 Å². The van der Waals surface area contributed by atoms with Crippen LogP contribution in [0.2, 0.25) is 0 Å². The first-order chi connectivity index (χ1) is 11.2. The van der Waals surface area contributed by atoms with Crippen LogP contribution in [0.3, 0.4) is 0 Å². The van der Waals surface area contributed by atoms with E-state index in [4.69, 9.17) is 5.26 Å². The molecule has 0 aromatic heterocycles. The minimum Gasteiger partial charge on any atom is -0.342 e. The van der Waals surface area contributed by atoms with Crippen LogP contribution in [-0.2, 0) is 11.3 Å². The summed E-state index contributed by atoms with van der Waals surface area (Å²) in [7, 11) is 0. The fraction of sp³-hybridized carbons (Fsp3) is 0.579. The van der Waals surface area contributed by atoms with E-state index in [9.17, 15) is 4.79 Å². The Labute approximate surface area is 138 Å². The van der Waals surface area contributed by atoms with Gasteiger partial charge in [-0.05, 0) is 42.9 Å². The number of likely N-dealkylation sites (tertiary alicyclic amines) is 1. The van der Waals surface area contributed by atoms with E-state index in [1.54, 1.807) is 0 Å². The number of hydrogen-bond acceptors (Lipinski definition) is 3. The predicted octanol–water partition coefficient (Wildman–Crippen LogP) is 2.68. The van der Waals surface area contributed by atoms with Crippen LogP contribution < -0.4 is 5.32 Å². The van der Waals surface area contributed by atoms with Gasteiger partial charge in [-0.15, -0.1) is 0 Å². The smallest absolute Gasteiger partial charge is 0.225 e. The average Bonchev–Trinajstić information content (AvgIpc) is 3.44. The number of rotatable bonds is 5. The largest absolute Gasteiger partial charge is 0.342 e. The Hall–Kier alpha value is -1.86. The lowest BCUT2D eigenvalue weighted by Crippen LogP contribution is -2.51. The predicted molar refractivity (Wildman–Crippen MR) is 89.5 cm³/mol. The van der Waals surface area contributed by atoms with Gasteiger partial charge in [0.1, 0.15) is 0 Å². The quantitative estimate of drug-likeness (QED) is 0.909. The maximum Gasteiger partial charge on any atom is 0.225 e. The molecule has 1 aromatic rings. The lowest BCUT2D eigenvalue weighted by Gasteiger charge is -2.39. The molecule has 0 spiro atoms. The van der Waals surface area contributed by atoms with Crippen molar-refractivity contribution in [3.8, 4) is 6.07 Å². The van der Waals surface area contributed by atoms with Gasteiger partial charge in [-0.2, -0.15) is 5.26 Å². The summed E-state index contributed by atoms with van der Waals surface area (Å²) in [5.41, 5.74) is 1.91. The zero-order valence-corrected chi connectivity index (χ0v) is 13.8. The fourth-order valence-corrected chi connectivity index (χ4v) is 3.45. The normalized spacial score (nSPS) is 24.3. The highest BCUT2D eigenvalue weighted by atomic mass is 16.2. The molecule has 1 aliphatic heterocycles. The van der Waals surface area contributed by atoms with Crippen molar-refractivity contribution in [2.75, 3.05) is 13.1 Å². The Balaban J connectivity index is 1.53. The minimum absolute atomic E-state index is 0.329. The van der Waals surface area contributed by atoms with Crippen LogP contribution in [0.4, 0.5) is 0 Å². The second-order valence-electron chi connectivity index (χ2n) is 6.81. The zero-order chi connectivity index (χ0) is 16.2. The second-order valence-corrected chi connectivity index (χ2v) is 6.81. The van der Waals surface area contributed by atoms with Gasteiger partial charge in [0.05, 0.1) is 11.6 Å². The van der Waals surface area contributed by atoms with Crippen LogP contribution in [0.1, 0.15) is 43.7 Å². The molecule has 1 saturated heterocycles. The van der Waals surface area contributed by atoms with Gasteiger partial charge in [0.15, 0.2) is 0 Å². The summed E-state index contributed by atoms with van der Waals surface area (Å²) >= 11 is 0. The third-order valence-electron chi connectivity index (χ3n) is 5.15. The summed E-state index contributed by atoms with van der Waals surface area (Å²) in [6.45, 7) is 4.82. The monoisotopic (exact) mass is 311 g/mol. The molecule has 3 rings (SSSR count). The minimum atomic E-state index is 0.329. The van der Waals surface area contributed by atoms with E-state index in [0.29, 0.717) is 29.3 Å². The maximum absolute atomic E-state index is 12.2. The van der Waals surface area contributed by atoms with E-state index in [2.05, 4.69) is 23.2 Å². The number of hydrogen-bond donors (Lipinski definition) is 1. The summed E-state index contributed by atoms with van der Waals surface area (Å²) in [4.78, 5) is 14.3. The summed E-state index contributed by atoms with van der Waals surface area (Å²) in [5.74, 6) is 1.24. The molecule has 1 saturated carbocycles. The third kappa shape index (κ3) is 3.92. The highest BCUT2D eigenvalue weighted by Gasteiger charge is 2.37. The lowest BCUT2D eigenvalue weighted by molar-refractivity contribution is -0.134. The number of carbonyl (C=O) groups excluding carboxylic acids is 1. The second kappa shape index (κ2) is 7.14. The van der Waals surface area contributed by atoms with E-state index >= 15 is 0 Å². The topological polar surface area (TPSA) is 56.1 Å². The van der Waals surface area contributed by atoms with E-state index in [-0.39, 0.29) is 0 Å². The molecule has 23 heavy (non-hydrogen) atoms. The summed E-state index contributed by atoms with van der Waals surface area (Å²) in [6.07, 6.45) is 4.31. The molecule has 1 N–H and O–H groups in total. The van der Waals surface area contributed by atoms with Gasteiger partial charge in [0.2, 0.25) is 5.91 Å². The summed E-state index contributed by atoms with van der Waals surface area (Å²) in [5, 5.41) is 12.5. The van der Waals surface area contributed by atoms with Crippen LogP contribution in [0, 0.1) is 23.2 Å². The molecule has 2 aliphatic rings. The van der Waals surface area contributed by atoms with Gasteiger partial charge >= 0.3 is 0 Å². The van der Waals surface area contributed by atoms with Gasteiger partial charge in [-0.1, -0.05) is 25.5 Å². The van der Waals surface area contributed by atoms with Crippen molar-refractivity contribution in [2.24, 2.45) is 11.8 Å². The molecule has 2 fully saturated rings. The molecular weight excluding hydrogens is 286 g/mol. The number of amides is 1. The Morgan fingerprint density at radius 1 is 1.30 bits per heavy atom. The van der Waals surface area contributed by atoms with E-state index in [1.807, 2.05) is 24.3 Å². The number of piperidine rings is 1. The molecule has 0 radical (unpaired) electrons. The van der Waals surface area contributed by atoms with E-state index < -0.39 is 0 Å². The SMILES string of the molecule is CC[C@H]1CN(C(=O)C2CC2)CC[C@H]1NCc1ccc(C#N)cc1. The van der Waals surface area contributed by atoms with Gasteiger partial charge in [-0.3, -0.25) is 4.79 Å². The summed E-state index contributed by atoms with van der Waals surface area (Å²) in [6, 6.07) is 10.4. The highest BCUT2D eigenvalue weighted by Crippen LogP contribution is 2.33. The van der Waals surface area contributed by atoms with Gasteiger partial charge in [0, 0.05) is 31.6 Å². The zero-order valence-electron chi connectivity index (χ0n) is 13.8. The molecule has 2 atom stereocenters. The number of nitrogens with zero attached hydrogens (tertiary/aromatic N) is 2. The van der Waals surface area contributed by atoms with Crippen molar-refractivity contribution in [1.29, 1.82) is 5.26 Å². The van der Waals surface area contributed by atoms with Crippen molar-refractivity contribution in [2.45, 2.75) is 45.2 Å². The molecule has 1 aliphatic carbocycles. The van der Waals surface area contributed by atoms with Crippen molar-refractivity contribution in [3.63, 3.8) is 0 Å². The Bertz CT molecular complexity index is 586. The average molecular weight is 311 g/mol. The Morgan fingerprint density at radius 3 is 2.65 bits per heavy atom. The lowest BCUT2D eigenvalue weighted by atomic mass is 9.89. The Morgan fingerprint density at radius 2 is 2.04 bits per heavy atom. The van der Waals surface area contributed by atoms with Crippen LogP contribution in [0.15, 0.2) is 24.3 Å².